The second kappa shape index (κ2) is 6.63. The van der Waals surface area contributed by atoms with Crippen LogP contribution in [-0.4, -0.2) is 22.7 Å². The van der Waals surface area contributed by atoms with E-state index < -0.39 is 0 Å². The van der Waals surface area contributed by atoms with Crippen molar-refractivity contribution < 1.29 is 14.3 Å². The lowest BCUT2D eigenvalue weighted by molar-refractivity contribution is 0.0981. The molecule has 0 aliphatic heterocycles. The normalized spacial score (nSPS) is 10.8. The molecular weight excluding hydrogens is 302 g/mol. The van der Waals surface area contributed by atoms with Gasteiger partial charge in [-0.05, 0) is 71.7 Å². The monoisotopic (exact) mass is 327 g/mol. The summed E-state index contributed by atoms with van der Waals surface area (Å²) in [5.74, 6) is 0.694. The highest BCUT2D eigenvalue weighted by Gasteiger charge is 2.25. The number of benzene rings is 1. The van der Waals surface area contributed by atoms with Crippen LogP contribution in [0.25, 0.3) is 5.69 Å². The molecule has 0 spiro atoms. The van der Waals surface area contributed by atoms with Crippen molar-refractivity contribution in [2.45, 2.75) is 48.5 Å². The first-order chi connectivity index (χ1) is 11.2. The molecule has 0 saturated carbocycles. The lowest BCUT2D eigenvalue weighted by Crippen LogP contribution is -2.05. The molecule has 0 unspecified atom stereocenters. The molecular formula is C20H25NO3. The summed E-state index contributed by atoms with van der Waals surface area (Å²) in [6.45, 7) is 13.4. The Labute approximate surface area is 143 Å². The summed E-state index contributed by atoms with van der Waals surface area (Å²) >= 11 is 0. The molecule has 0 radical (unpaired) electrons. The van der Waals surface area contributed by atoms with E-state index >= 15 is 0 Å². The van der Waals surface area contributed by atoms with E-state index in [4.69, 9.17) is 4.74 Å². The summed E-state index contributed by atoms with van der Waals surface area (Å²) in [7, 11) is 0. The molecule has 0 N–H and O–H groups in total. The summed E-state index contributed by atoms with van der Waals surface area (Å²) in [5, 5.41) is 0. The molecule has 1 aromatic heterocycles. The lowest BCUT2D eigenvalue weighted by Gasteiger charge is -2.17. The smallest absolute Gasteiger partial charge is 0.162 e. The van der Waals surface area contributed by atoms with Gasteiger partial charge in [-0.2, -0.15) is 0 Å². The van der Waals surface area contributed by atoms with Crippen molar-refractivity contribution in [2.24, 2.45) is 0 Å². The van der Waals surface area contributed by atoms with Gasteiger partial charge in [0, 0.05) is 28.2 Å². The Kier molecular flexibility index (Phi) is 4.97. The first-order valence-corrected chi connectivity index (χ1v) is 8.19. The Bertz CT molecular complexity index is 791. The van der Waals surface area contributed by atoms with Gasteiger partial charge in [-0.1, -0.05) is 0 Å². The number of Topliss-reactive ketones (excluding diaryl/α,β-unsaturated/α-hetero) is 2. The minimum Gasteiger partial charge on any atom is -0.494 e. The zero-order valence-corrected chi connectivity index (χ0v) is 15.5. The highest BCUT2D eigenvalue weighted by Crippen LogP contribution is 2.32. The number of ether oxygens (including phenoxy) is 1. The fraction of sp³-hybridized carbons (Fsp3) is 0.400. The van der Waals surface area contributed by atoms with Crippen LogP contribution in [-0.2, 0) is 0 Å². The molecule has 0 bridgehead atoms. The highest BCUT2D eigenvalue weighted by molar-refractivity contribution is 6.09. The van der Waals surface area contributed by atoms with Crippen molar-refractivity contribution in [2.75, 3.05) is 6.61 Å². The Morgan fingerprint density at radius 1 is 0.917 bits per heavy atom. The quantitative estimate of drug-likeness (QED) is 0.759. The summed E-state index contributed by atoms with van der Waals surface area (Å²) in [5.41, 5.74) is 5.76. The Hall–Kier alpha value is -2.36. The molecule has 128 valence electrons. The van der Waals surface area contributed by atoms with Crippen LogP contribution in [0.3, 0.4) is 0 Å². The zero-order valence-electron chi connectivity index (χ0n) is 15.5. The second-order valence-electron chi connectivity index (χ2n) is 6.13. The van der Waals surface area contributed by atoms with Gasteiger partial charge in [0.15, 0.2) is 11.6 Å². The van der Waals surface area contributed by atoms with Crippen molar-refractivity contribution in [3.63, 3.8) is 0 Å². The molecule has 0 fully saturated rings. The van der Waals surface area contributed by atoms with Gasteiger partial charge in [0.1, 0.15) is 5.75 Å². The van der Waals surface area contributed by atoms with E-state index in [1.807, 2.05) is 51.3 Å². The molecule has 0 aliphatic carbocycles. The first kappa shape index (κ1) is 18.0. The van der Waals surface area contributed by atoms with Crippen molar-refractivity contribution in [1.82, 2.24) is 4.57 Å². The number of nitrogens with zero attached hydrogens (tertiary/aromatic N) is 1. The molecule has 24 heavy (non-hydrogen) atoms. The topological polar surface area (TPSA) is 48.3 Å². The molecule has 1 heterocycles. The first-order valence-electron chi connectivity index (χ1n) is 8.19. The fourth-order valence-corrected chi connectivity index (χ4v) is 3.40. The SMILES string of the molecule is CCOc1ccc(-n2c(C)c(C(C)=O)c(C(C)=O)c2C)c(C)c1C. The largest absolute Gasteiger partial charge is 0.494 e. The summed E-state index contributed by atoms with van der Waals surface area (Å²) in [6, 6.07) is 3.93. The van der Waals surface area contributed by atoms with Crippen molar-refractivity contribution in [3.05, 3.63) is 45.8 Å². The zero-order chi connectivity index (χ0) is 18.2. The van der Waals surface area contributed by atoms with E-state index in [0.29, 0.717) is 17.7 Å². The van der Waals surface area contributed by atoms with Gasteiger partial charge in [-0.25, -0.2) is 0 Å². The molecule has 2 rings (SSSR count). The van der Waals surface area contributed by atoms with Gasteiger partial charge in [0.25, 0.3) is 0 Å². The van der Waals surface area contributed by atoms with E-state index in [0.717, 1.165) is 34.0 Å². The Morgan fingerprint density at radius 3 is 1.83 bits per heavy atom. The molecule has 4 heteroatoms. The predicted octanol–water partition coefficient (Wildman–Crippen LogP) is 4.51. The summed E-state index contributed by atoms with van der Waals surface area (Å²) in [6.07, 6.45) is 0. The molecule has 0 atom stereocenters. The van der Waals surface area contributed by atoms with Crippen LogP contribution in [0, 0.1) is 27.7 Å². The van der Waals surface area contributed by atoms with Gasteiger partial charge in [0.2, 0.25) is 0 Å². The average molecular weight is 327 g/mol. The minimum absolute atomic E-state index is 0.0835. The van der Waals surface area contributed by atoms with E-state index in [9.17, 15) is 9.59 Å². The molecule has 0 saturated heterocycles. The third-order valence-corrected chi connectivity index (χ3v) is 4.60. The van der Waals surface area contributed by atoms with E-state index in [1.54, 1.807) is 0 Å². The van der Waals surface area contributed by atoms with Gasteiger partial charge in [-0.15, -0.1) is 0 Å². The van der Waals surface area contributed by atoms with Crippen LogP contribution in [0.1, 0.15) is 64.0 Å². The third kappa shape index (κ3) is 2.77. The van der Waals surface area contributed by atoms with Crippen LogP contribution in [0.5, 0.6) is 5.75 Å². The van der Waals surface area contributed by atoms with Gasteiger partial charge < -0.3 is 9.30 Å². The van der Waals surface area contributed by atoms with E-state index in [2.05, 4.69) is 0 Å². The van der Waals surface area contributed by atoms with Gasteiger partial charge in [0.05, 0.1) is 6.61 Å². The number of hydrogen-bond donors (Lipinski definition) is 0. The number of ketones is 2. The van der Waals surface area contributed by atoms with E-state index in [1.165, 1.54) is 13.8 Å². The Balaban J connectivity index is 2.79. The lowest BCUT2D eigenvalue weighted by atomic mass is 10.0. The standard InChI is InChI=1S/C20H25NO3/c1-8-24-18-10-9-17(11(2)12(18)3)21-13(4)19(15(6)22)20(14(21)5)16(7)23/h9-10H,8H2,1-7H3. The maximum absolute atomic E-state index is 12.1. The molecule has 0 amide bonds. The maximum Gasteiger partial charge on any atom is 0.162 e. The number of carbonyl (C=O) groups is 2. The van der Waals surface area contributed by atoms with Crippen LogP contribution < -0.4 is 4.74 Å². The number of aromatic nitrogens is 1. The van der Waals surface area contributed by atoms with E-state index in [-0.39, 0.29) is 11.6 Å². The maximum atomic E-state index is 12.1. The van der Waals surface area contributed by atoms with Crippen molar-refractivity contribution in [1.29, 1.82) is 0 Å². The number of hydrogen-bond acceptors (Lipinski definition) is 3. The fourth-order valence-electron chi connectivity index (χ4n) is 3.40. The number of carbonyl (C=O) groups excluding carboxylic acids is 2. The summed E-state index contributed by atoms with van der Waals surface area (Å²) < 4.78 is 7.66. The van der Waals surface area contributed by atoms with Gasteiger partial charge in [-0.3, -0.25) is 9.59 Å². The van der Waals surface area contributed by atoms with Crippen LogP contribution >= 0.6 is 0 Å². The van der Waals surface area contributed by atoms with Crippen molar-refractivity contribution >= 4 is 11.6 Å². The van der Waals surface area contributed by atoms with Crippen molar-refractivity contribution in [3.8, 4) is 11.4 Å². The third-order valence-electron chi connectivity index (χ3n) is 4.60. The predicted molar refractivity (Wildman–Crippen MR) is 95.9 cm³/mol. The highest BCUT2D eigenvalue weighted by atomic mass is 16.5. The minimum atomic E-state index is -0.0835. The molecule has 2 aromatic rings. The molecule has 1 aromatic carbocycles. The van der Waals surface area contributed by atoms with Crippen LogP contribution in [0.4, 0.5) is 0 Å². The van der Waals surface area contributed by atoms with Crippen LogP contribution in [0.15, 0.2) is 12.1 Å². The molecule has 4 nitrogen and oxygen atoms in total. The average Bonchev–Trinajstić information content (AvgIpc) is 2.76. The second-order valence-corrected chi connectivity index (χ2v) is 6.13. The summed E-state index contributed by atoms with van der Waals surface area (Å²) in [4.78, 5) is 24.2. The van der Waals surface area contributed by atoms with Gasteiger partial charge >= 0.3 is 0 Å². The number of rotatable bonds is 5. The molecule has 0 aliphatic rings. The van der Waals surface area contributed by atoms with Crippen LogP contribution in [0.2, 0.25) is 0 Å². The Morgan fingerprint density at radius 2 is 1.42 bits per heavy atom.